The van der Waals surface area contributed by atoms with Gasteiger partial charge in [0.25, 0.3) is 5.91 Å². The van der Waals surface area contributed by atoms with Crippen LogP contribution in [-0.4, -0.2) is 25.5 Å². The Morgan fingerprint density at radius 1 is 1.17 bits per heavy atom. The van der Waals surface area contributed by atoms with Crippen molar-refractivity contribution in [3.63, 3.8) is 0 Å². The predicted molar refractivity (Wildman–Crippen MR) is 73.3 cm³/mol. The summed E-state index contributed by atoms with van der Waals surface area (Å²) in [5.41, 5.74) is 1.28. The summed E-state index contributed by atoms with van der Waals surface area (Å²) >= 11 is 1.63. The molecule has 0 unspecified atom stereocenters. The maximum atomic E-state index is 12.2. The van der Waals surface area contributed by atoms with Gasteiger partial charge < -0.3 is 10.6 Å². The van der Waals surface area contributed by atoms with Crippen LogP contribution in [0.15, 0.2) is 24.3 Å². The molecule has 2 aromatic rings. The van der Waals surface area contributed by atoms with E-state index in [9.17, 15) is 4.79 Å². The van der Waals surface area contributed by atoms with E-state index in [1.807, 2.05) is 6.07 Å². The van der Waals surface area contributed by atoms with Gasteiger partial charge in [0.05, 0.1) is 4.88 Å². The van der Waals surface area contributed by atoms with Crippen molar-refractivity contribution >= 4 is 27.3 Å². The van der Waals surface area contributed by atoms with E-state index in [0.717, 1.165) is 24.5 Å². The van der Waals surface area contributed by atoms with Crippen molar-refractivity contribution in [3.8, 4) is 0 Å². The first-order valence-corrected chi connectivity index (χ1v) is 7.16. The van der Waals surface area contributed by atoms with Crippen LogP contribution in [0, 0.1) is 5.92 Å². The van der Waals surface area contributed by atoms with E-state index < -0.39 is 0 Å². The predicted octanol–water partition coefficient (Wildman–Crippen LogP) is 1.95. The second-order valence-corrected chi connectivity index (χ2v) is 6.13. The van der Waals surface area contributed by atoms with E-state index >= 15 is 0 Å². The Labute approximate surface area is 109 Å². The topological polar surface area (TPSA) is 41.1 Å². The van der Waals surface area contributed by atoms with Crippen LogP contribution in [0.3, 0.4) is 0 Å². The van der Waals surface area contributed by atoms with Crippen LogP contribution in [0.25, 0.3) is 10.1 Å². The fourth-order valence-electron chi connectivity index (χ4n) is 3.19. The van der Waals surface area contributed by atoms with Gasteiger partial charge in [-0.3, -0.25) is 4.79 Å². The molecule has 0 aliphatic carbocycles. The first-order chi connectivity index (χ1) is 8.84. The van der Waals surface area contributed by atoms with Crippen molar-refractivity contribution < 1.29 is 4.79 Å². The third kappa shape index (κ3) is 1.36. The maximum Gasteiger partial charge on any atom is 0.261 e. The largest absolute Gasteiger partial charge is 0.351 e. The summed E-state index contributed by atoms with van der Waals surface area (Å²) in [6.45, 7) is 2.80. The first kappa shape index (κ1) is 10.5. The second kappa shape index (κ2) is 3.80. The minimum Gasteiger partial charge on any atom is -0.351 e. The van der Waals surface area contributed by atoms with Gasteiger partial charge in [-0.15, -0.1) is 11.3 Å². The molecule has 3 heterocycles. The van der Waals surface area contributed by atoms with Gasteiger partial charge in [-0.2, -0.15) is 0 Å². The van der Waals surface area contributed by atoms with E-state index in [1.54, 1.807) is 11.3 Å². The third-order valence-electron chi connectivity index (χ3n) is 4.08. The van der Waals surface area contributed by atoms with Gasteiger partial charge in [0.2, 0.25) is 0 Å². The van der Waals surface area contributed by atoms with Crippen molar-refractivity contribution in [2.75, 3.05) is 19.6 Å². The highest BCUT2D eigenvalue weighted by Crippen LogP contribution is 2.41. The Hall–Kier alpha value is -1.39. The number of benzene rings is 1. The molecule has 0 saturated carbocycles. The molecule has 1 saturated heterocycles. The fraction of sp³-hybridized carbons (Fsp3) is 0.357. The number of rotatable bonds is 0. The summed E-state index contributed by atoms with van der Waals surface area (Å²) in [5.74, 6) is 1.13. The normalized spacial score (nSPS) is 26.6. The van der Waals surface area contributed by atoms with E-state index in [2.05, 4.69) is 28.8 Å². The molecule has 2 atom stereocenters. The molecule has 0 bridgehead atoms. The maximum absolute atomic E-state index is 12.2. The fourth-order valence-corrected chi connectivity index (χ4v) is 4.38. The van der Waals surface area contributed by atoms with Crippen molar-refractivity contribution in [2.45, 2.75) is 5.92 Å². The Bertz CT molecular complexity index is 634. The van der Waals surface area contributed by atoms with Gasteiger partial charge in [-0.05, 0) is 22.9 Å². The zero-order valence-corrected chi connectivity index (χ0v) is 10.7. The molecule has 1 fully saturated rings. The summed E-state index contributed by atoms with van der Waals surface area (Å²) in [7, 11) is 0. The van der Waals surface area contributed by atoms with Crippen molar-refractivity contribution in [1.82, 2.24) is 10.6 Å². The average molecular weight is 258 g/mol. The standard InChI is InChI=1S/C14H14N2OS/c17-14-13-12(9-3-1-2-4-11(9)18-13)10-7-15-5-8(10)6-16-14/h1-4,8,10,15H,5-7H2,(H,16,17)/t8-,10+/m0/s1. The summed E-state index contributed by atoms with van der Waals surface area (Å²) in [4.78, 5) is 13.1. The van der Waals surface area contributed by atoms with Crippen LogP contribution < -0.4 is 10.6 Å². The van der Waals surface area contributed by atoms with Crippen LogP contribution in [0.2, 0.25) is 0 Å². The van der Waals surface area contributed by atoms with Crippen LogP contribution in [-0.2, 0) is 0 Å². The molecular formula is C14H14N2OS. The van der Waals surface area contributed by atoms with Crippen LogP contribution >= 0.6 is 11.3 Å². The zero-order chi connectivity index (χ0) is 12.1. The molecule has 1 aromatic heterocycles. The number of thiophene rings is 1. The molecule has 0 spiro atoms. The molecule has 2 aliphatic rings. The number of hydrogen-bond acceptors (Lipinski definition) is 3. The molecule has 18 heavy (non-hydrogen) atoms. The van der Waals surface area contributed by atoms with Gasteiger partial charge in [-0.1, -0.05) is 18.2 Å². The van der Waals surface area contributed by atoms with E-state index in [1.165, 1.54) is 15.6 Å². The van der Waals surface area contributed by atoms with Gasteiger partial charge >= 0.3 is 0 Å². The molecule has 4 rings (SSSR count). The van der Waals surface area contributed by atoms with Crippen LogP contribution in [0.4, 0.5) is 0 Å². The van der Waals surface area contributed by atoms with Gasteiger partial charge in [0, 0.05) is 30.3 Å². The highest BCUT2D eigenvalue weighted by atomic mass is 32.1. The Kier molecular flexibility index (Phi) is 2.22. The molecular weight excluding hydrogens is 244 g/mol. The second-order valence-electron chi connectivity index (χ2n) is 5.08. The highest BCUT2D eigenvalue weighted by Gasteiger charge is 2.36. The molecule has 1 amide bonds. The van der Waals surface area contributed by atoms with E-state index in [0.29, 0.717) is 11.8 Å². The Morgan fingerprint density at radius 2 is 2.06 bits per heavy atom. The molecule has 4 heteroatoms. The number of carbonyl (C=O) groups is 1. The van der Waals surface area contributed by atoms with Crippen LogP contribution in [0.1, 0.15) is 21.2 Å². The quantitative estimate of drug-likeness (QED) is 0.758. The molecule has 3 nitrogen and oxygen atoms in total. The average Bonchev–Trinajstić information content (AvgIpc) is 2.96. The Morgan fingerprint density at radius 3 is 3.00 bits per heavy atom. The van der Waals surface area contributed by atoms with E-state index in [4.69, 9.17) is 0 Å². The molecule has 2 N–H and O–H groups in total. The lowest BCUT2D eigenvalue weighted by Crippen LogP contribution is -2.28. The van der Waals surface area contributed by atoms with Gasteiger partial charge in [0.1, 0.15) is 0 Å². The van der Waals surface area contributed by atoms with Gasteiger partial charge in [-0.25, -0.2) is 0 Å². The summed E-state index contributed by atoms with van der Waals surface area (Å²) in [6.07, 6.45) is 0. The third-order valence-corrected chi connectivity index (χ3v) is 5.26. The van der Waals surface area contributed by atoms with Crippen molar-refractivity contribution in [2.24, 2.45) is 5.92 Å². The van der Waals surface area contributed by atoms with Crippen LogP contribution in [0.5, 0.6) is 0 Å². The smallest absolute Gasteiger partial charge is 0.261 e. The zero-order valence-electron chi connectivity index (χ0n) is 9.90. The first-order valence-electron chi connectivity index (χ1n) is 6.35. The summed E-state index contributed by atoms with van der Waals surface area (Å²) < 4.78 is 1.23. The van der Waals surface area contributed by atoms with Gasteiger partial charge in [0.15, 0.2) is 0 Å². The van der Waals surface area contributed by atoms with Crippen molar-refractivity contribution in [1.29, 1.82) is 0 Å². The number of fused-ring (bicyclic) bond motifs is 5. The number of carbonyl (C=O) groups excluding carboxylic acids is 1. The molecule has 1 aromatic carbocycles. The lowest BCUT2D eigenvalue weighted by atomic mass is 9.88. The molecule has 92 valence electrons. The number of hydrogen-bond donors (Lipinski definition) is 2. The monoisotopic (exact) mass is 258 g/mol. The minimum atomic E-state index is 0.112. The lowest BCUT2D eigenvalue weighted by Gasteiger charge is -2.15. The van der Waals surface area contributed by atoms with E-state index in [-0.39, 0.29) is 5.91 Å². The molecule has 0 radical (unpaired) electrons. The Balaban J connectivity index is 2.02. The number of amides is 1. The minimum absolute atomic E-state index is 0.112. The number of nitrogens with one attached hydrogen (secondary N) is 2. The highest BCUT2D eigenvalue weighted by molar-refractivity contribution is 7.21. The van der Waals surface area contributed by atoms with Crippen molar-refractivity contribution in [3.05, 3.63) is 34.7 Å². The SMILES string of the molecule is O=C1NC[C@@H]2CNC[C@H]2c2c1sc1ccccc21. The summed E-state index contributed by atoms with van der Waals surface area (Å²) in [5, 5.41) is 7.79. The summed E-state index contributed by atoms with van der Waals surface area (Å²) in [6, 6.07) is 8.37. The molecule has 2 aliphatic heterocycles. The lowest BCUT2D eigenvalue weighted by molar-refractivity contribution is 0.0956.